The number of benzene rings is 1. The lowest BCUT2D eigenvalue weighted by molar-refractivity contribution is -0.128. The smallest absolute Gasteiger partial charge is 0.223 e. The molecule has 1 aliphatic carbocycles. The van der Waals surface area contributed by atoms with E-state index in [9.17, 15) is 9.18 Å². The molecule has 0 saturated heterocycles. The van der Waals surface area contributed by atoms with E-state index in [-0.39, 0.29) is 17.1 Å². The number of hydrogen-bond donors (Lipinski definition) is 2. The summed E-state index contributed by atoms with van der Waals surface area (Å²) in [5.41, 5.74) is 0.583. The van der Waals surface area contributed by atoms with E-state index in [1.807, 2.05) is 19.1 Å². The van der Waals surface area contributed by atoms with Crippen LogP contribution in [0, 0.1) is 5.82 Å². The Labute approximate surface area is 143 Å². The maximum absolute atomic E-state index is 14.0. The van der Waals surface area contributed by atoms with Gasteiger partial charge in [0.15, 0.2) is 5.96 Å². The Hall–Kier alpha value is -2.11. The van der Waals surface area contributed by atoms with Crippen LogP contribution >= 0.6 is 0 Å². The molecule has 6 heteroatoms. The highest BCUT2D eigenvalue weighted by Gasteiger charge is 2.45. The molecule has 5 nitrogen and oxygen atoms in total. The summed E-state index contributed by atoms with van der Waals surface area (Å²) >= 11 is 0. The van der Waals surface area contributed by atoms with Gasteiger partial charge in [0.1, 0.15) is 5.82 Å². The van der Waals surface area contributed by atoms with Gasteiger partial charge in [-0.2, -0.15) is 0 Å². The van der Waals surface area contributed by atoms with Gasteiger partial charge in [-0.15, -0.1) is 0 Å². The van der Waals surface area contributed by atoms with E-state index in [0.29, 0.717) is 25.5 Å². The number of nitrogens with zero attached hydrogens (tertiary/aromatic N) is 2. The molecule has 0 radical (unpaired) electrons. The molecular formula is C18H27FN4O. The monoisotopic (exact) mass is 334 g/mol. The fraction of sp³-hybridized carbons (Fsp3) is 0.556. The van der Waals surface area contributed by atoms with E-state index in [1.54, 1.807) is 25.1 Å². The molecule has 0 aliphatic heterocycles. The molecule has 0 aromatic heterocycles. The summed E-state index contributed by atoms with van der Waals surface area (Å²) in [6.45, 7) is 3.80. The van der Waals surface area contributed by atoms with Crippen LogP contribution in [0.15, 0.2) is 29.3 Å². The first-order valence-corrected chi connectivity index (χ1v) is 8.46. The zero-order chi connectivity index (χ0) is 17.6. The molecule has 2 rings (SSSR count). The number of rotatable bonds is 7. The minimum Gasteiger partial charge on any atom is -0.357 e. The number of hydrogen-bond acceptors (Lipinski definition) is 2. The molecule has 1 aromatic carbocycles. The molecule has 132 valence electrons. The first-order chi connectivity index (χ1) is 11.5. The first-order valence-electron chi connectivity index (χ1n) is 8.46. The molecule has 1 aromatic rings. The summed E-state index contributed by atoms with van der Waals surface area (Å²) in [4.78, 5) is 17.8. The summed E-state index contributed by atoms with van der Waals surface area (Å²) in [6.07, 6.45) is 2.32. The molecule has 1 amide bonds. The summed E-state index contributed by atoms with van der Waals surface area (Å²) in [5, 5.41) is 6.34. The van der Waals surface area contributed by atoms with Crippen molar-refractivity contribution in [2.24, 2.45) is 4.99 Å². The molecule has 0 spiro atoms. The summed E-state index contributed by atoms with van der Waals surface area (Å²) in [6, 6.07) is 6.95. The predicted molar refractivity (Wildman–Crippen MR) is 94.6 cm³/mol. The fourth-order valence-electron chi connectivity index (χ4n) is 2.64. The van der Waals surface area contributed by atoms with Crippen molar-refractivity contribution in [3.05, 3.63) is 35.6 Å². The molecule has 0 heterocycles. The fourth-order valence-corrected chi connectivity index (χ4v) is 2.64. The van der Waals surface area contributed by atoms with Gasteiger partial charge < -0.3 is 15.5 Å². The maximum Gasteiger partial charge on any atom is 0.223 e. The normalized spacial score (nSPS) is 15.8. The number of carbonyl (C=O) groups is 1. The van der Waals surface area contributed by atoms with Crippen LogP contribution in [0.1, 0.15) is 31.7 Å². The Kier molecular flexibility index (Phi) is 6.17. The lowest BCUT2D eigenvalue weighted by atomic mass is 9.95. The minimum atomic E-state index is -0.173. The average molecular weight is 334 g/mol. The molecular weight excluding hydrogens is 307 g/mol. The topological polar surface area (TPSA) is 56.7 Å². The molecule has 1 aliphatic rings. The Morgan fingerprint density at radius 1 is 1.29 bits per heavy atom. The molecule has 0 unspecified atom stereocenters. The summed E-state index contributed by atoms with van der Waals surface area (Å²) in [5.74, 6) is 0.592. The van der Waals surface area contributed by atoms with Crippen molar-refractivity contribution in [2.75, 3.05) is 33.7 Å². The average Bonchev–Trinajstić information content (AvgIpc) is 3.33. The first kappa shape index (κ1) is 18.2. The van der Waals surface area contributed by atoms with Crippen LogP contribution in [-0.2, 0) is 10.2 Å². The standard InChI is InChI=1S/C18H27FN4O/c1-4-20-17(21-12-9-16(24)23(2)3)22-13-18(10-11-18)14-7-5-6-8-15(14)19/h5-8H,4,9-13H2,1-3H3,(H2,20,21,22). The van der Waals surface area contributed by atoms with Crippen molar-refractivity contribution in [1.29, 1.82) is 0 Å². The van der Waals surface area contributed by atoms with Crippen molar-refractivity contribution < 1.29 is 9.18 Å². The van der Waals surface area contributed by atoms with Crippen LogP contribution in [0.25, 0.3) is 0 Å². The van der Waals surface area contributed by atoms with Crippen molar-refractivity contribution in [1.82, 2.24) is 15.5 Å². The van der Waals surface area contributed by atoms with Gasteiger partial charge in [0, 0.05) is 39.0 Å². The van der Waals surface area contributed by atoms with Gasteiger partial charge in [-0.25, -0.2) is 4.39 Å². The minimum absolute atomic E-state index is 0.0726. The molecule has 1 fully saturated rings. The van der Waals surface area contributed by atoms with Gasteiger partial charge >= 0.3 is 0 Å². The van der Waals surface area contributed by atoms with Crippen LogP contribution in [0.2, 0.25) is 0 Å². The summed E-state index contributed by atoms with van der Waals surface area (Å²) < 4.78 is 14.0. The van der Waals surface area contributed by atoms with Crippen LogP contribution < -0.4 is 10.6 Å². The number of amides is 1. The van der Waals surface area contributed by atoms with E-state index >= 15 is 0 Å². The Bertz CT molecular complexity index is 596. The number of guanidine groups is 1. The van der Waals surface area contributed by atoms with Gasteiger partial charge in [0.2, 0.25) is 5.91 Å². The summed E-state index contributed by atoms with van der Waals surface area (Å²) in [7, 11) is 3.49. The van der Waals surface area contributed by atoms with Crippen molar-refractivity contribution in [2.45, 2.75) is 31.6 Å². The van der Waals surface area contributed by atoms with Gasteiger partial charge in [0.25, 0.3) is 0 Å². The second-order valence-electron chi connectivity index (χ2n) is 6.42. The second-order valence-corrected chi connectivity index (χ2v) is 6.42. The van der Waals surface area contributed by atoms with Crippen LogP contribution in [0.4, 0.5) is 4.39 Å². The van der Waals surface area contributed by atoms with Crippen molar-refractivity contribution in [3.63, 3.8) is 0 Å². The zero-order valence-electron chi connectivity index (χ0n) is 14.7. The van der Waals surface area contributed by atoms with Gasteiger partial charge in [-0.3, -0.25) is 9.79 Å². The predicted octanol–water partition coefficient (Wildman–Crippen LogP) is 1.89. The lowest BCUT2D eigenvalue weighted by Gasteiger charge is -2.17. The number of halogens is 1. The molecule has 24 heavy (non-hydrogen) atoms. The quantitative estimate of drug-likeness (QED) is 0.591. The number of carbonyl (C=O) groups excluding carboxylic acids is 1. The van der Waals surface area contributed by atoms with Crippen LogP contribution in [0.5, 0.6) is 0 Å². The van der Waals surface area contributed by atoms with Crippen molar-refractivity contribution in [3.8, 4) is 0 Å². The lowest BCUT2D eigenvalue weighted by Crippen LogP contribution is -2.39. The number of nitrogens with one attached hydrogen (secondary N) is 2. The molecule has 1 saturated carbocycles. The molecule has 0 bridgehead atoms. The Morgan fingerprint density at radius 2 is 2.00 bits per heavy atom. The molecule has 2 N–H and O–H groups in total. The van der Waals surface area contributed by atoms with E-state index in [0.717, 1.165) is 24.9 Å². The van der Waals surface area contributed by atoms with E-state index in [1.165, 1.54) is 6.07 Å². The van der Waals surface area contributed by atoms with Crippen molar-refractivity contribution >= 4 is 11.9 Å². The maximum atomic E-state index is 14.0. The largest absolute Gasteiger partial charge is 0.357 e. The molecule has 0 atom stereocenters. The third kappa shape index (κ3) is 4.69. The van der Waals surface area contributed by atoms with Gasteiger partial charge in [0.05, 0.1) is 6.54 Å². The highest BCUT2D eigenvalue weighted by molar-refractivity contribution is 5.81. The SMILES string of the molecule is CCNC(=NCC1(c2ccccc2F)CC1)NCCC(=O)N(C)C. The Balaban J connectivity index is 1.96. The second kappa shape index (κ2) is 8.13. The Morgan fingerprint density at radius 3 is 2.58 bits per heavy atom. The van der Waals surface area contributed by atoms with E-state index in [4.69, 9.17) is 0 Å². The van der Waals surface area contributed by atoms with Gasteiger partial charge in [-0.1, -0.05) is 18.2 Å². The highest BCUT2D eigenvalue weighted by atomic mass is 19.1. The third-order valence-electron chi connectivity index (χ3n) is 4.31. The van der Waals surface area contributed by atoms with Crippen LogP contribution in [-0.4, -0.2) is 50.5 Å². The van der Waals surface area contributed by atoms with E-state index in [2.05, 4.69) is 15.6 Å². The van der Waals surface area contributed by atoms with Crippen LogP contribution in [0.3, 0.4) is 0 Å². The number of aliphatic imine (C=N–C) groups is 1. The van der Waals surface area contributed by atoms with Gasteiger partial charge in [-0.05, 0) is 31.4 Å². The van der Waals surface area contributed by atoms with E-state index < -0.39 is 0 Å². The highest BCUT2D eigenvalue weighted by Crippen LogP contribution is 2.49. The zero-order valence-corrected chi connectivity index (χ0v) is 14.7. The third-order valence-corrected chi connectivity index (χ3v) is 4.31.